The van der Waals surface area contributed by atoms with Gasteiger partial charge >= 0.3 is 5.97 Å². The van der Waals surface area contributed by atoms with Gasteiger partial charge < -0.3 is 4.74 Å². The van der Waals surface area contributed by atoms with E-state index >= 15 is 0 Å². The lowest BCUT2D eigenvalue weighted by molar-refractivity contribution is -0.156. The van der Waals surface area contributed by atoms with Gasteiger partial charge in [-0.3, -0.25) is 4.79 Å². The lowest BCUT2D eigenvalue weighted by Gasteiger charge is -2.07. The molecule has 1 aromatic carbocycles. The van der Waals surface area contributed by atoms with Crippen LogP contribution in [0.1, 0.15) is 25.8 Å². The highest BCUT2D eigenvalue weighted by Gasteiger charge is 2.16. The zero-order valence-corrected chi connectivity index (χ0v) is 11.5. The van der Waals surface area contributed by atoms with Gasteiger partial charge in [0.2, 0.25) is 5.78 Å². The van der Waals surface area contributed by atoms with Crippen molar-refractivity contribution in [3.05, 3.63) is 34.3 Å². The van der Waals surface area contributed by atoms with Crippen LogP contribution in [-0.4, -0.2) is 17.9 Å². The summed E-state index contributed by atoms with van der Waals surface area (Å²) < 4.78 is 5.78. The van der Waals surface area contributed by atoms with E-state index in [1.165, 1.54) is 0 Å². The second-order valence-corrected chi connectivity index (χ2v) is 4.82. The van der Waals surface area contributed by atoms with Crippen molar-refractivity contribution in [2.45, 2.75) is 32.8 Å². The molecule has 17 heavy (non-hydrogen) atoms. The fourth-order valence-corrected chi connectivity index (χ4v) is 1.81. The molecule has 0 aliphatic carbocycles. The number of ether oxygens (including phenoxy) is 1. The largest absolute Gasteiger partial charge is 0.457 e. The first-order chi connectivity index (χ1) is 8.00. The van der Waals surface area contributed by atoms with E-state index in [1.54, 1.807) is 13.8 Å². The van der Waals surface area contributed by atoms with Crippen molar-refractivity contribution in [3.63, 3.8) is 0 Å². The van der Waals surface area contributed by atoms with Gasteiger partial charge in [0.15, 0.2) is 0 Å². The van der Waals surface area contributed by atoms with Crippen LogP contribution in [0.15, 0.2) is 28.7 Å². The Bertz CT molecular complexity index is 413. The summed E-state index contributed by atoms with van der Waals surface area (Å²) >= 11 is 3.40. The number of Topliss-reactive ketones (excluding diaryl/α,β-unsaturated/α-hetero) is 1. The molecule has 4 heteroatoms. The minimum absolute atomic E-state index is 0.175. The fourth-order valence-electron chi connectivity index (χ4n) is 1.33. The summed E-state index contributed by atoms with van der Waals surface area (Å²) in [4.78, 5) is 22.7. The van der Waals surface area contributed by atoms with Crippen molar-refractivity contribution in [1.29, 1.82) is 0 Å². The van der Waals surface area contributed by atoms with E-state index in [0.717, 1.165) is 10.0 Å². The molecule has 0 saturated carbocycles. The number of esters is 1. The van der Waals surface area contributed by atoms with E-state index < -0.39 is 11.8 Å². The molecular weight excluding hydrogens is 284 g/mol. The van der Waals surface area contributed by atoms with Crippen molar-refractivity contribution < 1.29 is 14.3 Å². The summed E-state index contributed by atoms with van der Waals surface area (Å²) in [6, 6.07) is 7.64. The van der Waals surface area contributed by atoms with Crippen molar-refractivity contribution in [2.75, 3.05) is 0 Å². The molecule has 0 unspecified atom stereocenters. The Hall–Kier alpha value is -1.16. The summed E-state index contributed by atoms with van der Waals surface area (Å²) in [5.41, 5.74) is 1.01. The van der Waals surface area contributed by atoms with E-state index in [2.05, 4.69) is 15.9 Å². The van der Waals surface area contributed by atoms with Crippen LogP contribution in [0, 0.1) is 0 Å². The predicted molar refractivity (Wildman–Crippen MR) is 68.7 cm³/mol. The van der Waals surface area contributed by atoms with E-state index in [4.69, 9.17) is 4.74 Å². The van der Waals surface area contributed by atoms with Crippen molar-refractivity contribution >= 4 is 27.7 Å². The molecular formula is C13H15BrO3. The molecule has 0 saturated heterocycles. The molecule has 0 N–H and O–H groups in total. The topological polar surface area (TPSA) is 43.4 Å². The molecule has 0 aliphatic rings. The SMILES string of the molecule is CC(C)OC(=O)C(=O)CCc1ccccc1Br. The Morgan fingerprint density at radius 2 is 1.94 bits per heavy atom. The Balaban J connectivity index is 2.49. The van der Waals surface area contributed by atoms with Crippen LogP contribution in [0.3, 0.4) is 0 Å². The van der Waals surface area contributed by atoms with Gasteiger partial charge in [0.25, 0.3) is 0 Å². The van der Waals surface area contributed by atoms with Gasteiger partial charge in [0.1, 0.15) is 0 Å². The van der Waals surface area contributed by atoms with Crippen LogP contribution < -0.4 is 0 Å². The van der Waals surface area contributed by atoms with Crippen LogP contribution in [0.2, 0.25) is 0 Å². The first-order valence-corrected chi connectivity index (χ1v) is 6.27. The van der Waals surface area contributed by atoms with E-state index in [-0.39, 0.29) is 12.5 Å². The summed E-state index contributed by atoms with van der Waals surface area (Å²) in [7, 11) is 0. The second kappa shape index (κ2) is 6.55. The first kappa shape index (κ1) is 13.9. The highest BCUT2D eigenvalue weighted by atomic mass is 79.9. The van der Waals surface area contributed by atoms with Crippen molar-refractivity contribution in [2.24, 2.45) is 0 Å². The van der Waals surface area contributed by atoms with Crippen LogP contribution in [-0.2, 0) is 20.7 Å². The van der Waals surface area contributed by atoms with E-state index in [0.29, 0.717) is 6.42 Å². The summed E-state index contributed by atoms with van der Waals surface area (Å²) in [5.74, 6) is -1.22. The Labute approximate surface area is 109 Å². The minimum Gasteiger partial charge on any atom is -0.457 e. The van der Waals surface area contributed by atoms with E-state index in [9.17, 15) is 9.59 Å². The third-order valence-electron chi connectivity index (χ3n) is 2.15. The molecule has 1 rings (SSSR count). The quantitative estimate of drug-likeness (QED) is 0.620. The molecule has 0 amide bonds. The third-order valence-corrected chi connectivity index (χ3v) is 2.92. The number of hydrogen-bond donors (Lipinski definition) is 0. The minimum atomic E-state index is -0.743. The average molecular weight is 299 g/mol. The van der Waals surface area contributed by atoms with Crippen LogP contribution in [0.5, 0.6) is 0 Å². The lowest BCUT2D eigenvalue weighted by Crippen LogP contribution is -2.21. The van der Waals surface area contributed by atoms with Crippen LogP contribution >= 0.6 is 15.9 Å². The van der Waals surface area contributed by atoms with Crippen LogP contribution in [0.25, 0.3) is 0 Å². The standard InChI is InChI=1S/C13H15BrO3/c1-9(2)17-13(16)12(15)8-7-10-5-3-4-6-11(10)14/h3-6,9H,7-8H2,1-2H3. The number of benzene rings is 1. The fraction of sp³-hybridized carbons (Fsp3) is 0.385. The maximum absolute atomic E-state index is 11.5. The number of rotatable bonds is 5. The van der Waals surface area contributed by atoms with Crippen molar-refractivity contribution in [1.82, 2.24) is 0 Å². The molecule has 0 spiro atoms. The molecule has 0 radical (unpaired) electrons. The highest BCUT2D eigenvalue weighted by molar-refractivity contribution is 9.10. The van der Waals surface area contributed by atoms with Gasteiger partial charge in [-0.1, -0.05) is 34.1 Å². The summed E-state index contributed by atoms with van der Waals surface area (Å²) in [5, 5.41) is 0. The Kier molecular flexibility index (Phi) is 5.35. The number of hydrogen-bond acceptors (Lipinski definition) is 3. The molecule has 0 heterocycles. The molecule has 0 fully saturated rings. The normalized spacial score (nSPS) is 10.4. The molecule has 3 nitrogen and oxygen atoms in total. The van der Waals surface area contributed by atoms with Crippen molar-refractivity contribution in [3.8, 4) is 0 Å². The van der Waals surface area contributed by atoms with E-state index in [1.807, 2.05) is 24.3 Å². The molecule has 0 aromatic heterocycles. The second-order valence-electron chi connectivity index (χ2n) is 3.97. The lowest BCUT2D eigenvalue weighted by atomic mass is 10.1. The molecule has 0 bridgehead atoms. The molecule has 0 atom stereocenters. The molecule has 92 valence electrons. The summed E-state index contributed by atoms with van der Waals surface area (Å²) in [6.07, 6.45) is 0.455. The predicted octanol–water partition coefficient (Wildman–Crippen LogP) is 2.90. The van der Waals surface area contributed by atoms with Crippen LogP contribution in [0.4, 0.5) is 0 Å². The highest BCUT2D eigenvalue weighted by Crippen LogP contribution is 2.17. The number of halogens is 1. The van der Waals surface area contributed by atoms with Gasteiger partial charge in [-0.25, -0.2) is 4.79 Å². The maximum atomic E-state index is 11.5. The summed E-state index contributed by atoms with van der Waals surface area (Å²) in [6.45, 7) is 3.44. The average Bonchev–Trinajstić information content (AvgIpc) is 2.26. The van der Waals surface area contributed by atoms with Gasteiger partial charge in [0, 0.05) is 10.9 Å². The number of carbonyl (C=O) groups excluding carboxylic acids is 2. The zero-order valence-electron chi connectivity index (χ0n) is 9.90. The maximum Gasteiger partial charge on any atom is 0.374 e. The Morgan fingerprint density at radius 1 is 1.29 bits per heavy atom. The van der Waals surface area contributed by atoms with Gasteiger partial charge in [-0.05, 0) is 31.9 Å². The third kappa shape index (κ3) is 4.69. The number of aryl methyl sites for hydroxylation is 1. The Morgan fingerprint density at radius 3 is 2.53 bits per heavy atom. The molecule has 0 aliphatic heterocycles. The van der Waals surface area contributed by atoms with Gasteiger partial charge in [0.05, 0.1) is 6.10 Å². The molecule has 1 aromatic rings. The van der Waals surface area contributed by atoms with Gasteiger partial charge in [-0.15, -0.1) is 0 Å². The van der Waals surface area contributed by atoms with Gasteiger partial charge in [-0.2, -0.15) is 0 Å². The number of carbonyl (C=O) groups is 2. The zero-order chi connectivity index (χ0) is 12.8. The first-order valence-electron chi connectivity index (χ1n) is 5.48. The number of ketones is 1. The monoisotopic (exact) mass is 298 g/mol. The smallest absolute Gasteiger partial charge is 0.374 e.